The topological polar surface area (TPSA) is 120 Å². The van der Waals surface area contributed by atoms with Crippen molar-refractivity contribution in [3.05, 3.63) is 61.2 Å². The van der Waals surface area contributed by atoms with E-state index in [9.17, 15) is 0 Å². The number of para-hydroxylation sites is 1. The van der Waals surface area contributed by atoms with Crippen LogP contribution in [-0.4, -0.2) is 41.6 Å². The molecule has 0 atom stereocenters. The van der Waals surface area contributed by atoms with Gasteiger partial charge in [-0.3, -0.25) is 4.57 Å². The quantitative estimate of drug-likeness (QED) is 0.302. The summed E-state index contributed by atoms with van der Waals surface area (Å²) in [7, 11) is 0. The molecule has 35 heavy (non-hydrogen) atoms. The molecule has 0 unspecified atom stereocenters. The molecule has 11 heteroatoms. The van der Waals surface area contributed by atoms with Crippen molar-refractivity contribution in [1.82, 2.24) is 29.5 Å². The van der Waals surface area contributed by atoms with E-state index in [0.29, 0.717) is 23.5 Å². The predicted octanol–water partition coefficient (Wildman–Crippen LogP) is 5.01. The highest BCUT2D eigenvalue weighted by Crippen LogP contribution is 2.29. The Morgan fingerprint density at radius 1 is 0.943 bits per heavy atom. The first kappa shape index (κ1) is 24.7. The molecule has 1 saturated carbocycles. The number of fused-ring (bicyclic) bond motifs is 2. The van der Waals surface area contributed by atoms with Gasteiger partial charge >= 0.3 is 0 Å². The Labute approximate surface area is 214 Å². The van der Waals surface area contributed by atoms with Crippen molar-refractivity contribution in [1.29, 1.82) is 0 Å². The molecule has 0 amide bonds. The fourth-order valence-corrected chi connectivity index (χ4v) is 4.35. The fraction of sp³-hybridized carbons (Fsp3) is 0.250. The number of rotatable bonds is 5. The molecule has 3 aromatic heterocycles. The number of imidazole rings is 2. The van der Waals surface area contributed by atoms with Crippen molar-refractivity contribution in [2.75, 3.05) is 5.32 Å². The number of anilines is 1. The summed E-state index contributed by atoms with van der Waals surface area (Å²) < 4.78 is 7.98. The lowest BCUT2D eigenvalue weighted by atomic mass is 9.92. The second-order valence-corrected chi connectivity index (χ2v) is 8.41. The molecule has 1 aliphatic rings. The van der Waals surface area contributed by atoms with Crippen molar-refractivity contribution >= 4 is 53.0 Å². The van der Waals surface area contributed by atoms with E-state index in [1.807, 2.05) is 53.1 Å². The molecule has 0 aliphatic heterocycles. The Kier molecular flexibility index (Phi) is 7.39. The average Bonchev–Trinajstić information content (AvgIpc) is 3.48. The van der Waals surface area contributed by atoms with Crippen molar-refractivity contribution in [2.45, 2.75) is 37.8 Å². The number of ether oxygens (including phenoxy) is 1. The number of hydrogen-bond acceptors (Lipinski definition) is 7. The van der Waals surface area contributed by atoms with E-state index >= 15 is 0 Å². The van der Waals surface area contributed by atoms with E-state index in [0.717, 1.165) is 53.7 Å². The van der Waals surface area contributed by atoms with E-state index in [-0.39, 0.29) is 30.9 Å². The van der Waals surface area contributed by atoms with E-state index in [4.69, 9.17) is 15.5 Å². The van der Waals surface area contributed by atoms with Gasteiger partial charge in [-0.05, 0) is 49.9 Å². The lowest BCUT2D eigenvalue weighted by Crippen LogP contribution is -2.33. The second kappa shape index (κ2) is 10.5. The van der Waals surface area contributed by atoms with E-state index in [1.165, 1.54) is 0 Å². The SMILES string of the molecule is Cl.Cl.NC1CCC(Nc2nc(-n3cnc4ccc(Oc5ccccc5)cc43)c3[nH]cnc3n2)CC1. The Morgan fingerprint density at radius 2 is 1.74 bits per heavy atom. The highest BCUT2D eigenvalue weighted by molar-refractivity contribution is 5.86. The molecule has 1 aliphatic carbocycles. The molecule has 5 aromatic rings. The number of nitrogens with two attached hydrogens (primary N) is 1. The van der Waals surface area contributed by atoms with E-state index < -0.39 is 0 Å². The van der Waals surface area contributed by atoms with Crippen molar-refractivity contribution < 1.29 is 4.74 Å². The van der Waals surface area contributed by atoms with Gasteiger partial charge in [0.05, 0.1) is 17.4 Å². The highest BCUT2D eigenvalue weighted by Gasteiger charge is 2.21. The third kappa shape index (κ3) is 5.02. The number of nitrogens with zero attached hydrogens (tertiary/aromatic N) is 5. The van der Waals surface area contributed by atoms with Gasteiger partial charge < -0.3 is 20.8 Å². The Morgan fingerprint density at radius 3 is 2.54 bits per heavy atom. The van der Waals surface area contributed by atoms with E-state index in [2.05, 4.69) is 25.3 Å². The van der Waals surface area contributed by atoms with Gasteiger partial charge in [-0.15, -0.1) is 24.8 Å². The third-order valence-corrected chi connectivity index (χ3v) is 6.10. The highest BCUT2D eigenvalue weighted by atomic mass is 35.5. The molecule has 1 fully saturated rings. The molecule has 6 rings (SSSR count). The van der Waals surface area contributed by atoms with Crippen LogP contribution in [0.25, 0.3) is 28.0 Å². The molecular formula is C24H26Cl2N8O. The van der Waals surface area contributed by atoms with E-state index in [1.54, 1.807) is 12.7 Å². The maximum atomic E-state index is 6.06. The van der Waals surface area contributed by atoms with Crippen LogP contribution in [-0.2, 0) is 0 Å². The predicted molar refractivity (Wildman–Crippen MR) is 141 cm³/mol. The number of hydrogen-bond donors (Lipinski definition) is 3. The van der Waals surface area contributed by atoms with Crippen LogP contribution in [0.5, 0.6) is 11.5 Å². The maximum Gasteiger partial charge on any atom is 0.227 e. The lowest BCUT2D eigenvalue weighted by molar-refractivity contribution is 0.410. The van der Waals surface area contributed by atoms with Crippen molar-refractivity contribution in [3.63, 3.8) is 0 Å². The molecule has 2 aromatic carbocycles. The molecule has 9 nitrogen and oxygen atoms in total. The fourth-order valence-electron chi connectivity index (χ4n) is 4.35. The zero-order valence-corrected chi connectivity index (χ0v) is 20.4. The summed E-state index contributed by atoms with van der Waals surface area (Å²) in [6, 6.07) is 16.1. The van der Waals surface area contributed by atoms with Crippen LogP contribution >= 0.6 is 24.8 Å². The first-order chi connectivity index (χ1) is 16.2. The van der Waals surface area contributed by atoms with Crippen molar-refractivity contribution in [2.24, 2.45) is 5.73 Å². The summed E-state index contributed by atoms with van der Waals surface area (Å²) >= 11 is 0. The molecule has 0 saturated heterocycles. The van der Waals surface area contributed by atoms with Gasteiger partial charge in [0, 0.05) is 18.2 Å². The molecular weight excluding hydrogens is 487 g/mol. The Hall–Kier alpha value is -3.40. The number of nitrogens with one attached hydrogen (secondary N) is 2. The number of H-pyrrole nitrogens is 1. The molecule has 0 spiro atoms. The maximum absolute atomic E-state index is 6.06. The summed E-state index contributed by atoms with van der Waals surface area (Å²) in [5, 5.41) is 3.49. The standard InChI is InChI=1S/C24H24N8O.2ClH/c25-15-6-8-16(9-7-15)29-24-30-22-21(26-13-27-22)23(31-24)32-14-28-19-11-10-18(12-20(19)32)33-17-4-2-1-3-5-17;;/h1-5,10-16H,6-9,25H2,(H2,26,27,29,30,31);2*1H. The van der Waals surface area contributed by atoms with Crippen LogP contribution in [0.1, 0.15) is 25.7 Å². The Balaban J connectivity index is 0.00000144. The van der Waals surface area contributed by atoms with Gasteiger partial charge in [-0.1, -0.05) is 18.2 Å². The van der Waals surface area contributed by atoms with Gasteiger partial charge in [-0.25, -0.2) is 9.97 Å². The third-order valence-electron chi connectivity index (χ3n) is 6.10. The molecule has 0 bridgehead atoms. The van der Waals surface area contributed by atoms with Crippen LogP contribution in [0, 0.1) is 0 Å². The first-order valence-corrected chi connectivity index (χ1v) is 11.2. The summed E-state index contributed by atoms with van der Waals surface area (Å²) in [5.74, 6) is 2.75. The minimum Gasteiger partial charge on any atom is -0.457 e. The van der Waals surface area contributed by atoms with Gasteiger partial charge in [-0.2, -0.15) is 9.97 Å². The number of benzene rings is 2. The normalized spacial score (nSPS) is 17.5. The molecule has 4 N–H and O–H groups in total. The van der Waals surface area contributed by atoms with Crippen molar-refractivity contribution in [3.8, 4) is 17.3 Å². The van der Waals surface area contributed by atoms with Crippen LogP contribution in [0.2, 0.25) is 0 Å². The van der Waals surface area contributed by atoms with Crippen LogP contribution in [0.4, 0.5) is 5.95 Å². The van der Waals surface area contributed by atoms with Crippen LogP contribution in [0.3, 0.4) is 0 Å². The largest absolute Gasteiger partial charge is 0.457 e. The zero-order chi connectivity index (χ0) is 22.2. The number of aromatic nitrogens is 6. The van der Waals surface area contributed by atoms with Gasteiger partial charge in [0.15, 0.2) is 11.5 Å². The molecule has 0 radical (unpaired) electrons. The zero-order valence-electron chi connectivity index (χ0n) is 18.8. The van der Waals surface area contributed by atoms with Gasteiger partial charge in [0.2, 0.25) is 5.95 Å². The summed E-state index contributed by atoms with van der Waals surface area (Å²) in [4.78, 5) is 21.6. The minimum absolute atomic E-state index is 0. The van der Waals surface area contributed by atoms with Crippen LogP contribution < -0.4 is 15.8 Å². The molecule has 182 valence electrons. The summed E-state index contributed by atoms with van der Waals surface area (Å²) in [6.07, 6.45) is 7.43. The minimum atomic E-state index is 0. The van der Waals surface area contributed by atoms with Crippen LogP contribution in [0.15, 0.2) is 61.2 Å². The Bertz CT molecular complexity index is 1410. The van der Waals surface area contributed by atoms with Gasteiger partial charge in [0.25, 0.3) is 0 Å². The average molecular weight is 513 g/mol. The summed E-state index contributed by atoms with van der Waals surface area (Å²) in [6.45, 7) is 0. The second-order valence-electron chi connectivity index (χ2n) is 8.41. The monoisotopic (exact) mass is 512 g/mol. The lowest BCUT2D eigenvalue weighted by Gasteiger charge is -2.26. The number of aromatic amines is 1. The number of halogens is 2. The summed E-state index contributed by atoms with van der Waals surface area (Å²) in [5.41, 5.74) is 9.14. The molecule has 3 heterocycles. The van der Waals surface area contributed by atoms with Gasteiger partial charge in [0.1, 0.15) is 23.3 Å². The first-order valence-electron chi connectivity index (χ1n) is 11.2. The smallest absolute Gasteiger partial charge is 0.227 e.